The molecule has 1 amide bonds. The largest absolute Gasteiger partial charge is 0.510 e. The summed E-state index contributed by atoms with van der Waals surface area (Å²) in [5.41, 5.74) is -2.56. The summed E-state index contributed by atoms with van der Waals surface area (Å²) in [4.78, 5) is 30.5. The lowest BCUT2D eigenvalue weighted by Gasteiger charge is -2.51. The maximum atomic E-state index is 16.2. The Labute approximate surface area is 261 Å². The number of aromatic hydroxyl groups is 1. The molecule has 0 radical (unpaired) electrons. The Morgan fingerprint density at radius 3 is 2.42 bits per heavy atom. The lowest BCUT2D eigenvalue weighted by Crippen LogP contribution is -2.67. The summed E-state index contributed by atoms with van der Waals surface area (Å²) in [6, 6.07) is 10.6. The van der Waals surface area contributed by atoms with E-state index in [4.69, 9.17) is 5.41 Å². The highest BCUT2D eigenvalue weighted by Crippen LogP contribution is 2.52. The summed E-state index contributed by atoms with van der Waals surface area (Å²) in [6.07, 6.45) is 1.83. The zero-order chi connectivity index (χ0) is 32.4. The summed E-state index contributed by atoms with van der Waals surface area (Å²) in [7, 11) is 4.54. The van der Waals surface area contributed by atoms with E-state index >= 15 is 4.39 Å². The second kappa shape index (κ2) is 11.4. The van der Waals surface area contributed by atoms with Crippen LogP contribution in [0.15, 0.2) is 53.3 Å². The van der Waals surface area contributed by atoms with Crippen molar-refractivity contribution in [2.24, 2.45) is 11.8 Å². The molecule has 0 spiro atoms. The Bertz CT molecular complexity index is 1650. The van der Waals surface area contributed by atoms with Gasteiger partial charge in [-0.3, -0.25) is 19.4 Å². The van der Waals surface area contributed by atoms with Crippen molar-refractivity contribution in [1.82, 2.24) is 15.1 Å². The van der Waals surface area contributed by atoms with Crippen molar-refractivity contribution in [3.05, 3.63) is 81.4 Å². The summed E-state index contributed by atoms with van der Waals surface area (Å²) in [6.45, 7) is 1.80. The molecule has 1 saturated heterocycles. The number of amides is 1. The molecule has 2 aromatic carbocycles. The quantitative estimate of drug-likeness (QED) is 0.298. The number of hydrogen-bond acceptors (Lipinski definition) is 9. The third-order valence-corrected chi connectivity index (χ3v) is 10.2. The second-order valence-electron chi connectivity index (χ2n) is 12.9. The van der Waals surface area contributed by atoms with Gasteiger partial charge in [-0.25, -0.2) is 4.39 Å². The molecule has 10 nitrogen and oxygen atoms in total. The number of piperidine rings is 1. The fraction of sp³-hybridized carbons (Fsp3) is 0.441. The minimum atomic E-state index is -2.54. The number of phenolic OH excluding ortho intramolecular Hbond substituents is 1. The maximum Gasteiger partial charge on any atom is 0.256 e. The number of likely N-dealkylation sites (tertiary alicyclic amines) is 1. The van der Waals surface area contributed by atoms with Gasteiger partial charge in [-0.15, -0.1) is 0 Å². The van der Waals surface area contributed by atoms with E-state index in [-0.39, 0.29) is 41.8 Å². The van der Waals surface area contributed by atoms with Gasteiger partial charge in [0.1, 0.15) is 28.7 Å². The van der Waals surface area contributed by atoms with Crippen LogP contribution in [0.5, 0.6) is 5.75 Å². The Balaban J connectivity index is 1.33. The number of hydrogen-bond donors (Lipinski definition) is 6. The summed E-state index contributed by atoms with van der Waals surface area (Å²) in [5, 5.41) is 56.6. The van der Waals surface area contributed by atoms with Gasteiger partial charge in [0.15, 0.2) is 5.60 Å². The van der Waals surface area contributed by atoms with Gasteiger partial charge in [0.25, 0.3) is 5.91 Å². The van der Waals surface area contributed by atoms with Gasteiger partial charge in [-0.1, -0.05) is 30.3 Å². The molecule has 1 heterocycles. The molecule has 4 atom stereocenters. The van der Waals surface area contributed by atoms with E-state index in [0.29, 0.717) is 11.5 Å². The number of benzene rings is 2. The van der Waals surface area contributed by atoms with Crippen LogP contribution in [0, 0.1) is 23.1 Å². The normalized spacial score (nSPS) is 27.4. The standard InChI is InChI=1S/C34H39FN4O6/c1-37-33(44)26-30(42)28(38(2)3)22-14-19-13-21-25(29(41)24(19)32(43)34(22,45)31(26)36)23(40)15-20(27(21)35)16-39-11-9-18(10-12-39)17-7-5-4-6-8-17/h4-8,15,18-19,22,28,36,40-42,45H,9-14,16H2,1-3H3,(H,37,44)/t19-,22-,28-,34+/m0/s1. The maximum absolute atomic E-state index is 16.2. The molecule has 1 saturated carbocycles. The van der Waals surface area contributed by atoms with Crippen LogP contribution in [0.25, 0.3) is 5.76 Å². The fourth-order valence-corrected chi connectivity index (χ4v) is 8.01. The molecule has 0 aromatic heterocycles. The highest BCUT2D eigenvalue weighted by atomic mass is 19.1. The molecule has 238 valence electrons. The van der Waals surface area contributed by atoms with Crippen molar-refractivity contribution in [3.63, 3.8) is 0 Å². The molecule has 6 N–H and O–H groups in total. The predicted molar refractivity (Wildman–Crippen MR) is 165 cm³/mol. The van der Waals surface area contributed by atoms with Crippen molar-refractivity contribution in [2.75, 3.05) is 34.2 Å². The van der Waals surface area contributed by atoms with Crippen molar-refractivity contribution >= 4 is 23.2 Å². The number of carbonyl (C=O) groups excluding carboxylic acids is 2. The Kier molecular flexibility index (Phi) is 7.83. The molecular formula is C34H39FN4O6. The summed E-state index contributed by atoms with van der Waals surface area (Å²) >= 11 is 0. The first-order valence-electron chi connectivity index (χ1n) is 15.3. The van der Waals surface area contributed by atoms with Crippen LogP contribution >= 0.6 is 0 Å². The van der Waals surface area contributed by atoms with Crippen LogP contribution in [-0.2, 0) is 22.6 Å². The molecule has 6 rings (SSSR count). The smallest absolute Gasteiger partial charge is 0.256 e. The monoisotopic (exact) mass is 618 g/mol. The lowest BCUT2D eigenvalue weighted by atomic mass is 9.56. The Morgan fingerprint density at radius 1 is 1.13 bits per heavy atom. The molecule has 11 heteroatoms. The molecule has 2 fully saturated rings. The molecule has 45 heavy (non-hydrogen) atoms. The van der Waals surface area contributed by atoms with Crippen molar-refractivity contribution in [1.29, 1.82) is 5.41 Å². The van der Waals surface area contributed by atoms with Crippen LogP contribution in [-0.4, -0.2) is 93.5 Å². The number of fused-ring (bicyclic) bond motifs is 3. The van der Waals surface area contributed by atoms with Crippen LogP contribution in [0.1, 0.15) is 47.4 Å². The first-order chi connectivity index (χ1) is 21.4. The van der Waals surface area contributed by atoms with E-state index in [9.17, 15) is 30.0 Å². The number of nitrogens with zero attached hydrogens (tertiary/aromatic N) is 2. The highest BCUT2D eigenvalue weighted by molar-refractivity contribution is 6.34. The van der Waals surface area contributed by atoms with Gasteiger partial charge in [-0.2, -0.15) is 0 Å². The molecule has 1 aliphatic heterocycles. The SMILES string of the molecule is CNC(=O)C1=C(O)[C@@H](N(C)C)[C@@H]2C[C@@H]3Cc4c(F)c(CN5CCC(c6ccccc6)CC5)cc(O)c4C(O)=C3C(=O)[C@]2(O)C1=N. The third kappa shape index (κ3) is 4.76. The van der Waals surface area contributed by atoms with E-state index in [1.165, 1.54) is 18.7 Å². The molecule has 4 aliphatic rings. The number of rotatable bonds is 5. The third-order valence-electron chi connectivity index (χ3n) is 10.2. The van der Waals surface area contributed by atoms with Crippen LogP contribution < -0.4 is 5.32 Å². The van der Waals surface area contributed by atoms with Gasteiger partial charge in [0.05, 0.1) is 17.3 Å². The average Bonchev–Trinajstić information content (AvgIpc) is 3.01. The fourth-order valence-electron chi connectivity index (χ4n) is 8.01. The first kappa shape index (κ1) is 30.9. The zero-order valence-electron chi connectivity index (χ0n) is 25.6. The van der Waals surface area contributed by atoms with Crippen LogP contribution in [0.2, 0.25) is 0 Å². The molecule has 2 aromatic rings. The van der Waals surface area contributed by atoms with E-state index in [1.54, 1.807) is 19.0 Å². The number of carbonyl (C=O) groups is 2. The second-order valence-corrected chi connectivity index (χ2v) is 12.9. The van der Waals surface area contributed by atoms with E-state index < -0.39 is 63.8 Å². The van der Waals surface area contributed by atoms with Crippen molar-refractivity contribution < 1.29 is 34.4 Å². The van der Waals surface area contributed by atoms with Gasteiger partial charge < -0.3 is 31.2 Å². The number of Topliss-reactive ketones (excluding diaryl/α,β-unsaturated/α-hetero) is 1. The minimum Gasteiger partial charge on any atom is -0.510 e. The minimum absolute atomic E-state index is 0.00874. The number of halogens is 1. The first-order valence-corrected chi connectivity index (χ1v) is 15.3. The highest BCUT2D eigenvalue weighted by Gasteiger charge is 2.63. The van der Waals surface area contributed by atoms with E-state index in [0.717, 1.165) is 25.9 Å². The summed E-state index contributed by atoms with van der Waals surface area (Å²) in [5.74, 6) is -5.24. The van der Waals surface area contributed by atoms with E-state index in [2.05, 4.69) is 22.3 Å². The lowest BCUT2D eigenvalue weighted by molar-refractivity contribution is -0.138. The number of phenols is 1. The van der Waals surface area contributed by atoms with Crippen LogP contribution in [0.4, 0.5) is 4.39 Å². The number of aliphatic hydroxyl groups is 3. The molecule has 3 aliphatic carbocycles. The molecule has 0 bridgehead atoms. The van der Waals surface area contributed by atoms with Gasteiger partial charge in [0.2, 0.25) is 5.78 Å². The van der Waals surface area contributed by atoms with Crippen LogP contribution in [0.3, 0.4) is 0 Å². The zero-order valence-corrected chi connectivity index (χ0v) is 25.6. The number of ketones is 1. The van der Waals surface area contributed by atoms with Crippen molar-refractivity contribution in [2.45, 2.75) is 49.8 Å². The van der Waals surface area contributed by atoms with Gasteiger partial charge in [-0.05, 0) is 76.3 Å². The number of aliphatic hydroxyl groups excluding tert-OH is 2. The van der Waals surface area contributed by atoms with Crippen molar-refractivity contribution in [3.8, 4) is 5.75 Å². The number of nitrogens with one attached hydrogen (secondary N) is 2. The van der Waals surface area contributed by atoms with E-state index in [1.807, 2.05) is 18.2 Å². The molecular weight excluding hydrogens is 579 g/mol. The Hall–Kier alpha value is -4.06. The number of likely N-dealkylation sites (N-methyl/N-ethyl adjacent to an activating group) is 2. The average molecular weight is 619 g/mol. The Morgan fingerprint density at radius 2 is 1.80 bits per heavy atom. The predicted octanol–water partition coefficient (Wildman–Crippen LogP) is 3.19. The topological polar surface area (TPSA) is 157 Å². The summed E-state index contributed by atoms with van der Waals surface area (Å²) < 4.78 is 16.2. The van der Waals surface area contributed by atoms with Gasteiger partial charge >= 0.3 is 0 Å². The molecule has 0 unspecified atom stereocenters. The van der Waals surface area contributed by atoms with Gasteiger partial charge in [0, 0.05) is 36.2 Å².